The zero-order valence-corrected chi connectivity index (χ0v) is 12.7. The molecule has 0 amide bonds. The Hall–Kier alpha value is 1.78. The molecule has 0 N–H and O–H groups in total. The van der Waals surface area contributed by atoms with Gasteiger partial charge in [0.15, 0.2) is 0 Å². The Balaban J connectivity index is -0.000000140. The SMILES string of the molecule is CCN(CC)CC.ClCCl.[Cl][Pd][Cl]. The van der Waals surface area contributed by atoms with Crippen molar-refractivity contribution in [1.82, 2.24) is 4.90 Å². The fourth-order valence-corrected chi connectivity index (χ4v) is 0.671. The van der Waals surface area contributed by atoms with Crippen molar-refractivity contribution in [2.75, 3.05) is 25.0 Å². The first kappa shape index (κ1) is 20.2. The van der Waals surface area contributed by atoms with Crippen LogP contribution in [0.4, 0.5) is 0 Å². The van der Waals surface area contributed by atoms with Crippen LogP contribution in [0.1, 0.15) is 20.8 Å². The van der Waals surface area contributed by atoms with Gasteiger partial charge < -0.3 is 4.90 Å². The summed E-state index contributed by atoms with van der Waals surface area (Å²) in [6.07, 6.45) is 0. The number of halogens is 4. The van der Waals surface area contributed by atoms with Crippen LogP contribution in [0.15, 0.2) is 0 Å². The van der Waals surface area contributed by atoms with Crippen LogP contribution in [0, 0.1) is 0 Å². The van der Waals surface area contributed by atoms with Crippen molar-refractivity contribution < 1.29 is 15.9 Å². The molecule has 0 fully saturated rings. The molecule has 0 atom stereocenters. The third-order valence-electron chi connectivity index (χ3n) is 1.34. The summed E-state index contributed by atoms with van der Waals surface area (Å²) in [5, 5.41) is 0.194. The molecule has 0 heterocycles. The summed E-state index contributed by atoms with van der Waals surface area (Å²) in [5.41, 5.74) is 0. The normalized spacial score (nSPS) is 8.62. The van der Waals surface area contributed by atoms with E-state index in [2.05, 4.69) is 25.7 Å². The summed E-state index contributed by atoms with van der Waals surface area (Å²) >= 11 is 9.42. The van der Waals surface area contributed by atoms with Crippen LogP contribution >= 0.6 is 42.3 Å². The molecule has 0 aromatic rings. The molecule has 0 rings (SSSR count). The van der Waals surface area contributed by atoms with Gasteiger partial charge in [0.1, 0.15) is 0 Å². The van der Waals surface area contributed by atoms with E-state index < -0.39 is 0 Å². The molecule has 0 bridgehead atoms. The first-order valence-corrected chi connectivity index (χ1v) is 8.92. The van der Waals surface area contributed by atoms with Crippen molar-refractivity contribution >= 4 is 42.3 Å². The predicted molar refractivity (Wildman–Crippen MR) is 61.7 cm³/mol. The van der Waals surface area contributed by atoms with Gasteiger partial charge >= 0.3 is 35.0 Å². The Morgan fingerprint density at radius 3 is 1.08 bits per heavy atom. The Morgan fingerprint density at radius 1 is 0.923 bits per heavy atom. The van der Waals surface area contributed by atoms with Crippen molar-refractivity contribution in [3.05, 3.63) is 0 Å². The van der Waals surface area contributed by atoms with Gasteiger partial charge in [0.05, 0.1) is 5.34 Å². The van der Waals surface area contributed by atoms with Crippen molar-refractivity contribution in [1.29, 1.82) is 0 Å². The first-order valence-electron chi connectivity index (χ1n) is 3.84. The standard InChI is InChI=1S/C6H15N.CH2Cl2.2ClH.Pd/c1-4-7(5-2)6-3;2-1-3;;;/h4-6H2,1-3H3;1H2;2*1H;/q;;;;+2/p-2. The first-order chi connectivity index (χ1) is 6.17. The minimum absolute atomic E-state index is 0.106. The molecule has 0 aliphatic rings. The van der Waals surface area contributed by atoms with Crippen LogP contribution < -0.4 is 0 Å². The van der Waals surface area contributed by atoms with E-state index in [0.717, 1.165) is 0 Å². The zero-order valence-electron chi connectivity index (χ0n) is 8.10. The number of rotatable bonds is 3. The van der Waals surface area contributed by atoms with Gasteiger partial charge in [0.2, 0.25) is 0 Å². The second-order valence-electron chi connectivity index (χ2n) is 1.77. The van der Waals surface area contributed by atoms with E-state index in [1.54, 1.807) is 0 Å². The summed E-state index contributed by atoms with van der Waals surface area (Å²) in [5.74, 6) is 0. The Labute approximate surface area is 108 Å². The molecular weight excluding hydrogens is 346 g/mol. The molecular formula is C7H17Cl4NPd. The fraction of sp³-hybridized carbons (Fsp3) is 1.00. The van der Waals surface area contributed by atoms with E-state index in [9.17, 15) is 0 Å². The van der Waals surface area contributed by atoms with Gasteiger partial charge in [-0.3, -0.25) is 0 Å². The van der Waals surface area contributed by atoms with Crippen LogP contribution in [0.25, 0.3) is 0 Å². The summed E-state index contributed by atoms with van der Waals surface area (Å²) < 4.78 is 0. The van der Waals surface area contributed by atoms with E-state index >= 15 is 0 Å². The summed E-state index contributed by atoms with van der Waals surface area (Å²) in [4.78, 5) is 2.38. The molecule has 0 unspecified atom stereocenters. The summed E-state index contributed by atoms with van der Waals surface area (Å²) in [6.45, 7) is 10.1. The second kappa shape index (κ2) is 23.5. The average Bonchev–Trinajstić information content (AvgIpc) is 2.10. The van der Waals surface area contributed by atoms with Gasteiger partial charge in [-0.1, -0.05) is 20.8 Å². The monoisotopic (exact) mass is 361 g/mol. The Bertz CT molecular complexity index is 56.9. The average molecular weight is 363 g/mol. The molecule has 0 radical (unpaired) electrons. The van der Waals surface area contributed by atoms with E-state index in [1.165, 1.54) is 19.6 Å². The van der Waals surface area contributed by atoms with Crippen LogP contribution in [-0.4, -0.2) is 29.9 Å². The summed E-state index contributed by atoms with van der Waals surface area (Å²) in [7, 11) is 9.63. The van der Waals surface area contributed by atoms with Gasteiger partial charge in [-0.25, -0.2) is 0 Å². The Morgan fingerprint density at radius 2 is 1.08 bits per heavy atom. The summed E-state index contributed by atoms with van der Waals surface area (Å²) in [6, 6.07) is 0. The van der Waals surface area contributed by atoms with E-state index in [4.69, 9.17) is 42.3 Å². The minimum atomic E-state index is -0.106. The number of alkyl halides is 2. The maximum absolute atomic E-state index is 4.81. The molecule has 0 aromatic carbocycles. The third-order valence-corrected chi connectivity index (χ3v) is 1.34. The molecule has 0 saturated heterocycles. The van der Waals surface area contributed by atoms with Gasteiger partial charge in [-0.2, -0.15) is 0 Å². The van der Waals surface area contributed by atoms with Gasteiger partial charge in [-0.05, 0) is 19.6 Å². The van der Waals surface area contributed by atoms with E-state index in [1.807, 2.05) is 0 Å². The predicted octanol–water partition coefficient (Wildman–Crippen LogP) is 4.15. The fourth-order valence-electron chi connectivity index (χ4n) is 0.671. The van der Waals surface area contributed by atoms with E-state index in [0.29, 0.717) is 0 Å². The molecule has 0 aliphatic heterocycles. The van der Waals surface area contributed by atoms with Crippen LogP contribution in [-0.2, 0) is 15.9 Å². The molecule has 0 spiro atoms. The molecule has 0 aliphatic carbocycles. The van der Waals surface area contributed by atoms with Gasteiger partial charge in [0, 0.05) is 0 Å². The topological polar surface area (TPSA) is 3.24 Å². The van der Waals surface area contributed by atoms with Gasteiger partial charge in [-0.15, -0.1) is 23.2 Å². The molecule has 0 aromatic heterocycles. The number of nitrogens with zero attached hydrogens (tertiary/aromatic N) is 1. The van der Waals surface area contributed by atoms with Crippen LogP contribution in [0.5, 0.6) is 0 Å². The van der Waals surface area contributed by atoms with Crippen molar-refractivity contribution in [2.45, 2.75) is 20.8 Å². The van der Waals surface area contributed by atoms with Crippen LogP contribution in [0.2, 0.25) is 0 Å². The van der Waals surface area contributed by atoms with Crippen molar-refractivity contribution in [3.63, 3.8) is 0 Å². The quantitative estimate of drug-likeness (QED) is 0.538. The van der Waals surface area contributed by atoms with Crippen molar-refractivity contribution in [3.8, 4) is 0 Å². The van der Waals surface area contributed by atoms with Crippen molar-refractivity contribution in [2.24, 2.45) is 0 Å². The molecule has 13 heavy (non-hydrogen) atoms. The second-order valence-corrected chi connectivity index (χ2v) is 4.93. The molecule has 6 heteroatoms. The van der Waals surface area contributed by atoms with Gasteiger partial charge in [0.25, 0.3) is 0 Å². The molecule has 88 valence electrons. The number of hydrogen-bond donors (Lipinski definition) is 0. The maximum atomic E-state index is 4.81. The molecule has 1 nitrogen and oxygen atoms in total. The van der Waals surface area contributed by atoms with Crippen LogP contribution in [0.3, 0.4) is 0 Å². The Kier molecular flexibility index (Phi) is 36.6. The van der Waals surface area contributed by atoms with E-state index in [-0.39, 0.29) is 21.3 Å². The third kappa shape index (κ3) is 31.6. The zero-order chi connectivity index (χ0) is 11.1. The number of hydrogen-bond acceptors (Lipinski definition) is 1. The molecule has 0 saturated carbocycles.